The van der Waals surface area contributed by atoms with Gasteiger partial charge in [0.15, 0.2) is 0 Å². The first-order valence-electron chi connectivity index (χ1n) is 9.33. The molecule has 4 heteroatoms. The number of nitrogens with zero attached hydrogens (tertiary/aromatic N) is 1. The molecular formula is C22H26FNO2. The van der Waals surface area contributed by atoms with Crippen molar-refractivity contribution in [2.45, 2.75) is 45.1 Å². The van der Waals surface area contributed by atoms with Crippen molar-refractivity contribution in [3.63, 3.8) is 0 Å². The lowest BCUT2D eigenvalue weighted by Gasteiger charge is -2.22. The van der Waals surface area contributed by atoms with Gasteiger partial charge in [-0.3, -0.25) is 4.79 Å². The molecule has 0 bridgehead atoms. The number of rotatable bonds is 6. The summed E-state index contributed by atoms with van der Waals surface area (Å²) in [6.07, 6.45) is 2.67. The first-order chi connectivity index (χ1) is 12.5. The van der Waals surface area contributed by atoms with Crippen molar-refractivity contribution in [1.29, 1.82) is 0 Å². The molecular weight excluding hydrogens is 329 g/mol. The predicted octanol–water partition coefficient (Wildman–Crippen LogP) is 4.76. The fraction of sp³-hybridized carbons (Fsp3) is 0.409. The van der Waals surface area contributed by atoms with Gasteiger partial charge in [0, 0.05) is 25.4 Å². The topological polar surface area (TPSA) is 29.5 Å². The number of carbonyl (C=O) groups is 1. The van der Waals surface area contributed by atoms with Gasteiger partial charge in [0.2, 0.25) is 5.91 Å². The summed E-state index contributed by atoms with van der Waals surface area (Å²) in [5, 5.41) is 0. The van der Waals surface area contributed by atoms with Gasteiger partial charge >= 0.3 is 0 Å². The van der Waals surface area contributed by atoms with Crippen LogP contribution in [0.5, 0.6) is 5.75 Å². The summed E-state index contributed by atoms with van der Waals surface area (Å²) >= 11 is 0. The lowest BCUT2D eigenvalue weighted by atomic mass is 9.88. The van der Waals surface area contributed by atoms with Crippen molar-refractivity contribution in [3.8, 4) is 5.75 Å². The van der Waals surface area contributed by atoms with Crippen molar-refractivity contribution in [2.75, 3.05) is 13.1 Å². The monoisotopic (exact) mass is 355 g/mol. The minimum atomic E-state index is -0.265. The number of ether oxygens (including phenoxy) is 1. The molecule has 0 N–H and O–H groups in total. The summed E-state index contributed by atoms with van der Waals surface area (Å²) in [5.41, 5.74) is 2.00. The number of amides is 1. The van der Waals surface area contributed by atoms with E-state index in [0.717, 1.165) is 42.8 Å². The Bertz CT molecular complexity index is 719. The smallest absolute Gasteiger partial charge is 0.223 e. The molecule has 0 radical (unpaired) electrons. The van der Waals surface area contributed by atoms with Gasteiger partial charge in [0.05, 0.1) is 6.10 Å². The number of benzene rings is 2. The molecule has 1 amide bonds. The lowest BCUT2D eigenvalue weighted by molar-refractivity contribution is -0.130. The van der Waals surface area contributed by atoms with E-state index in [1.54, 1.807) is 12.1 Å². The van der Waals surface area contributed by atoms with Crippen molar-refractivity contribution in [2.24, 2.45) is 0 Å². The first kappa shape index (κ1) is 18.4. The maximum absolute atomic E-state index is 13.3. The van der Waals surface area contributed by atoms with Crippen LogP contribution in [-0.4, -0.2) is 30.0 Å². The zero-order valence-corrected chi connectivity index (χ0v) is 15.5. The highest BCUT2D eigenvalue weighted by Gasteiger charge is 2.24. The molecule has 1 heterocycles. The highest BCUT2D eigenvalue weighted by Crippen LogP contribution is 2.31. The van der Waals surface area contributed by atoms with E-state index in [2.05, 4.69) is 0 Å². The van der Waals surface area contributed by atoms with E-state index in [4.69, 9.17) is 4.74 Å². The molecule has 2 aromatic rings. The molecule has 26 heavy (non-hydrogen) atoms. The van der Waals surface area contributed by atoms with Crippen LogP contribution in [0.4, 0.5) is 4.39 Å². The van der Waals surface area contributed by atoms with Gasteiger partial charge in [0.1, 0.15) is 11.6 Å². The minimum Gasteiger partial charge on any atom is -0.491 e. The summed E-state index contributed by atoms with van der Waals surface area (Å²) < 4.78 is 19.1. The standard InChI is InChI=1S/C22H26FNO2/c1-16(2)26-20-11-7-18(8-12-20)21(17-5-9-19(23)10-6-17)15-22(25)24-13-3-4-14-24/h5-12,16,21H,3-4,13-15H2,1-2H3. The van der Waals surface area contributed by atoms with Crippen molar-refractivity contribution in [1.82, 2.24) is 4.90 Å². The van der Waals surface area contributed by atoms with E-state index in [9.17, 15) is 9.18 Å². The quantitative estimate of drug-likeness (QED) is 0.748. The third-order valence-electron chi connectivity index (χ3n) is 4.76. The molecule has 3 rings (SSSR count). The summed E-state index contributed by atoms with van der Waals surface area (Å²) in [6, 6.07) is 14.3. The fourth-order valence-corrected chi connectivity index (χ4v) is 3.44. The zero-order valence-electron chi connectivity index (χ0n) is 15.5. The summed E-state index contributed by atoms with van der Waals surface area (Å²) in [4.78, 5) is 14.6. The molecule has 0 aromatic heterocycles. The fourth-order valence-electron chi connectivity index (χ4n) is 3.44. The second-order valence-electron chi connectivity index (χ2n) is 7.13. The van der Waals surface area contributed by atoms with Gasteiger partial charge in [-0.05, 0) is 62.1 Å². The molecule has 1 unspecified atom stereocenters. The second-order valence-corrected chi connectivity index (χ2v) is 7.13. The molecule has 138 valence electrons. The summed E-state index contributed by atoms with van der Waals surface area (Å²) in [7, 11) is 0. The van der Waals surface area contributed by atoms with E-state index < -0.39 is 0 Å². The van der Waals surface area contributed by atoms with E-state index in [0.29, 0.717) is 6.42 Å². The van der Waals surface area contributed by atoms with Crippen LogP contribution in [0.1, 0.15) is 50.2 Å². The van der Waals surface area contributed by atoms with Crippen LogP contribution in [0.25, 0.3) is 0 Å². The molecule has 2 aromatic carbocycles. The molecule has 1 aliphatic heterocycles. The van der Waals surface area contributed by atoms with Crippen LogP contribution in [0.2, 0.25) is 0 Å². The Morgan fingerprint density at radius 2 is 1.54 bits per heavy atom. The highest BCUT2D eigenvalue weighted by atomic mass is 19.1. The lowest BCUT2D eigenvalue weighted by Crippen LogP contribution is -2.29. The van der Waals surface area contributed by atoms with E-state index in [1.807, 2.05) is 43.0 Å². The highest BCUT2D eigenvalue weighted by molar-refractivity contribution is 5.78. The molecule has 1 atom stereocenters. The predicted molar refractivity (Wildman–Crippen MR) is 101 cm³/mol. The van der Waals surface area contributed by atoms with Crippen LogP contribution >= 0.6 is 0 Å². The summed E-state index contributed by atoms with van der Waals surface area (Å²) in [5.74, 6) is 0.627. The van der Waals surface area contributed by atoms with Gasteiger partial charge in [0.25, 0.3) is 0 Å². The minimum absolute atomic E-state index is 0.0863. The maximum atomic E-state index is 13.3. The SMILES string of the molecule is CC(C)Oc1ccc(C(CC(=O)N2CCCC2)c2ccc(F)cc2)cc1. The Balaban J connectivity index is 1.84. The average molecular weight is 355 g/mol. The Labute approximate surface area is 154 Å². The number of halogens is 1. The molecule has 0 saturated carbocycles. The van der Waals surface area contributed by atoms with Crippen molar-refractivity contribution in [3.05, 3.63) is 65.5 Å². The molecule has 1 fully saturated rings. The number of carbonyl (C=O) groups excluding carboxylic acids is 1. The van der Waals surface area contributed by atoms with Crippen molar-refractivity contribution < 1.29 is 13.9 Å². The number of hydrogen-bond acceptors (Lipinski definition) is 2. The largest absolute Gasteiger partial charge is 0.491 e. The normalized spacial score (nSPS) is 15.3. The average Bonchev–Trinajstić information content (AvgIpc) is 3.16. The zero-order chi connectivity index (χ0) is 18.5. The van der Waals surface area contributed by atoms with Crippen LogP contribution in [-0.2, 0) is 4.79 Å². The van der Waals surface area contributed by atoms with Crippen LogP contribution in [0.15, 0.2) is 48.5 Å². The molecule has 0 aliphatic carbocycles. The van der Waals surface area contributed by atoms with Gasteiger partial charge in [-0.15, -0.1) is 0 Å². The van der Waals surface area contributed by atoms with Crippen LogP contribution in [0, 0.1) is 5.82 Å². The van der Waals surface area contributed by atoms with Gasteiger partial charge < -0.3 is 9.64 Å². The maximum Gasteiger partial charge on any atom is 0.223 e. The second kappa shape index (κ2) is 8.35. The van der Waals surface area contributed by atoms with Crippen LogP contribution < -0.4 is 4.74 Å². The molecule has 0 spiro atoms. The van der Waals surface area contributed by atoms with Crippen molar-refractivity contribution >= 4 is 5.91 Å². The van der Waals surface area contributed by atoms with Gasteiger partial charge in [-0.25, -0.2) is 4.39 Å². The first-order valence-corrected chi connectivity index (χ1v) is 9.33. The third-order valence-corrected chi connectivity index (χ3v) is 4.76. The molecule has 1 aliphatic rings. The number of hydrogen-bond donors (Lipinski definition) is 0. The van der Waals surface area contributed by atoms with E-state index in [-0.39, 0.29) is 23.7 Å². The Hall–Kier alpha value is -2.36. The van der Waals surface area contributed by atoms with E-state index in [1.165, 1.54) is 12.1 Å². The third kappa shape index (κ3) is 4.63. The Kier molecular flexibility index (Phi) is 5.92. The Morgan fingerprint density at radius 3 is 2.08 bits per heavy atom. The number of likely N-dealkylation sites (tertiary alicyclic amines) is 1. The van der Waals surface area contributed by atoms with Crippen LogP contribution in [0.3, 0.4) is 0 Å². The molecule has 1 saturated heterocycles. The Morgan fingerprint density at radius 1 is 1.00 bits per heavy atom. The van der Waals surface area contributed by atoms with Gasteiger partial charge in [-0.1, -0.05) is 24.3 Å². The summed E-state index contributed by atoms with van der Waals surface area (Å²) in [6.45, 7) is 5.67. The molecule has 3 nitrogen and oxygen atoms in total. The van der Waals surface area contributed by atoms with E-state index >= 15 is 0 Å². The van der Waals surface area contributed by atoms with Gasteiger partial charge in [-0.2, -0.15) is 0 Å².